The number of benzene rings is 2. The van der Waals surface area contributed by atoms with Crippen LogP contribution in [0, 0.1) is 0 Å². The first-order valence-electron chi connectivity index (χ1n) is 8.81. The molecule has 3 N–H and O–H groups in total. The predicted octanol–water partition coefficient (Wildman–Crippen LogP) is 2.25. The first kappa shape index (κ1) is 19.1. The number of rotatable bonds is 7. The number of fused-ring (bicyclic) bond motifs is 1. The van der Waals surface area contributed by atoms with Gasteiger partial charge in [-0.05, 0) is 25.1 Å². The molecular formula is C20H20N4O4. The van der Waals surface area contributed by atoms with Crippen LogP contribution in [0.1, 0.15) is 23.8 Å². The second-order valence-corrected chi connectivity index (χ2v) is 6.11. The number of aromatic amines is 1. The quantitative estimate of drug-likeness (QED) is 0.544. The van der Waals surface area contributed by atoms with Crippen molar-refractivity contribution in [1.82, 2.24) is 15.5 Å². The van der Waals surface area contributed by atoms with Gasteiger partial charge in [0.2, 0.25) is 0 Å². The Balaban J connectivity index is 1.44. The number of H-pyrrole nitrogens is 1. The summed E-state index contributed by atoms with van der Waals surface area (Å²) in [4.78, 5) is 36.2. The van der Waals surface area contributed by atoms with Crippen LogP contribution in [0.25, 0.3) is 10.9 Å². The lowest BCUT2D eigenvalue weighted by atomic mass is 10.2. The standard InChI is InChI=1S/C20H20N4O4/c1-13(19(26)22-14-7-3-2-4-8-14)28-17(25)11-12-21-20(27)18-15-9-5-6-10-16(15)23-24-18/h2-10,13H,11-12H2,1H3,(H,21,27)(H,22,26)(H,23,24). The summed E-state index contributed by atoms with van der Waals surface area (Å²) in [5.41, 5.74) is 1.64. The van der Waals surface area contributed by atoms with Crippen LogP contribution >= 0.6 is 0 Å². The number of amides is 2. The fourth-order valence-corrected chi connectivity index (χ4v) is 2.57. The Bertz CT molecular complexity index is 984. The smallest absolute Gasteiger partial charge is 0.308 e. The van der Waals surface area contributed by atoms with E-state index < -0.39 is 18.0 Å². The lowest BCUT2D eigenvalue weighted by Gasteiger charge is -2.13. The predicted molar refractivity (Wildman–Crippen MR) is 104 cm³/mol. The van der Waals surface area contributed by atoms with Gasteiger partial charge in [0.05, 0.1) is 11.9 Å². The molecule has 0 radical (unpaired) electrons. The molecule has 3 rings (SSSR count). The molecule has 1 unspecified atom stereocenters. The molecule has 1 heterocycles. The van der Waals surface area contributed by atoms with Crippen LogP contribution in [0.5, 0.6) is 0 Å². The van der Waals surface area contributed by atoms with E-state index in [2.05, 4.69) is 20.8 Å². The maximum absolute atomic E-state index is 12.2. The largest absolute Gasteiger partial charge is 0.452 e. The van der Waals surface area contributed by atoms with Gasteiger partial charge in [0.1, 0.15) is 0 Å². The molecular weight excluding hydrogens is 360 g/mol. The Morgan fingerprint density at radius 1 is 1.07 bits per heavy atom. The number of nitrogens with zero attached hydrogens (tertiary/aromatic N) is 1. The molecule has 2 aromatic carbocycles. The minimum atomic E-state index is -0.946. The Hall–Kier alpha value is -3.68. The summed E-state index contributed by atoms with van der Waals surface area (Å²) >= 11 is 0. The van der Waals surface area contributed by atoms with Crippen LogP contribution in [0.3, 0.4) is 0 Å². The molecule has 28 heavy (non-hydrogen) atoms. The average molecular weight is 380 g/mol. The van der Waals surface area contributed by atoms with Crippen LogP contribution in [0.4, 0.5) is 5.69 Å². The number of esters is 1. The molecule has 1 aromatic heterocycles. The zero-order valence-corrected chi connectivity index (χ0v) is 15.3. The van der Waals surface area contributed by atoms with Gasteiger partial charge >= 0.3 is 5.97 Å². The normalized spacial score (nSPS) is 11.6. The van der Waals surface area contributed by atoms with Gasteiger partial charge in [-0.15, -0.1) is 0 Å². The maximum atomic E-state index is 12.2. The molecule has 0 aliphatic rings. The van der Waals surface area contributed by atoms with E-state index >= 15 is 0 Å². The van der Waals surface area contributed by atoms with E-state index in [9.17, 15) is 14.4 Å². The minimum Gasteiger partial charge on any atom is -0.452 e. The molecule has 0 saturated heterocycles. The van der Waals surface area contributed by atoms with Crippen molar-refractivity contribution in [2.75, 3.05) is 11.9 Å². The first-order valence-corrected chi connectivity index (χ1v) is 8.81. The van der Waals surface area contributed by atoms with Crippen LogP contribution in [-0.2, 0) is 14.3 Å². The van der Waals surface area contributed by atoms with Crippen molar-refractivity contribution in [2.24, 2.45) is 0 Å². The van der Waals surface area contributed by atoms with Gasteiger partial charge in [0.15, 0.2) is 11.8 Å². The Kier molecular flexibility index (Phi) is 6.01. The van der Waals surface area contributed by atoms with Crippen LogP contribution in [0.2, 0.25) is 0 Å². The number of hydrogen-bond donors (Lipinski definition) is 3. The second-order valence-electron chi connectivity index (χ2n) is 6.11. The lowest BCUT2D eigenvalue weighted by molar-refractivity contribution is -0.153. The summed E-state index contributed by atoms with van der Waals surface area (Å²) in [6, 6.07) is 16.1. The number of hydrogen-bond acceptors (Lipinski definition) is 5. The van der Waals surface area contributed by atoms with E-state index in [1.807, 2.05) is 24.3 Å². The van der Waals surface area contributed by atoms with E-state index in [0.29, 0.717) is 11.1 Å². The van der Waals surface area contributed by atoms with Gasteiger partial charge in [-0.1, -0.05) is 36.4 Å². The number of anilines is 1. The molecule has 0 spiro atoms. The van der Waals surface area contributed by atoms with Gasteiger partial charge in [-0.3, -0.25) is 19.5 Å². The van der Waals surface area contributed by atoms with E-state index in [4.69, 9.17) is 4.74 Å². The number of ether oxygens (including phenoxy) is 1. The topological polar surface area (TPSA) is 113 Å². The first-order chi connectivity index (χ1) is 13.5. The van der Waals surface area contributed by atoms with Gasteiger partial charge < -0.3 is 15.4 Å². The highest BCUT2D eigenvalue weighted by molar-refractivity contribution is 6.04. The Morgan fingerprint density at radius 2 is 1.79 bits per heavy atom. The molecule has 8 heteroatoms. The highest BCUT2D eigenvalue weighted by Gasteiger charge is 2.18. The van der Waals surface area contributed by atoms with Crippen molar-refractivity contribution in [3.63, 3.8) is 0 Å². The number of aromatic nitrogens is 2. The molecule has 144 valence electrons. The summed E-state index contributed by atoms with van der Waals surface area (Å²) in [7, 11) is 0. The molecule has 0 saturated carbocycles. The number of carbonyl (C=O) groups is 3. The monoisotopic (exact) mass is 380 g/mol. The van der Waals surface area contributed by atoms with E-state index in [1.54, 1.807) is 30.3 Å². The highest BCUT2D eigenvalue weighted by atomic mass is 16.5. The van der Waals surface area contributed by atoms with E-state index in [1.165, 1.54) is 6.92 Å². The summed E-state index contributed by atoms with van der Waals surface area (Å²) in [5, 5.41) is 12.8. The lowest BCUT2D eigenvalue weighted by Crippen LogP contribution is -2.32. The second kappa shape index (κ2) is 8.81. The summed E-state index contributed by atoms with van der Waals surface area (Å²) < 4.78 is 5.10. The zero-order valence-electron chi connectivity index (χ0n) is 15.3. The summed E-state index contributed by atoms with van der Waals surface area (Å²) in [5.74, 6) is -1.39. The fraction of sp³-hybridized carbons (Fsp3) is 0.200. The van der Waals surface area contributed by atoms with Crippen molar-refractivity contribution >= 4 is 34.4 Å². The van der Waals surface area contributed by atoms with Crippen molar-refractivity contribution in [2.45, 2.75) is 19.4 Å². The third kappa shape index (κ3) is 4.73. The average Bonchev–Trinajstić information content (AvgIpc) is 3.13. The molecule has 8 nitrogen and oxygen atoms in total. The minimum absolute atomic E-state index is 0.0585. The van der Waals surface area contributed by atoms with Gasteiger partial charge in [-0.25, -0.2) is 0 Å². The van der Waals surface area contributed by atoms with Gasteiger partial charge in [0, 0.05) is 17.6 Å². The molecule has 1 atom stereocenters. The maximum Gasteiger partial charge on any atom is 0.308 e. The molecule has 2 amide bonds. The van der Waals surface area contributed by atoms with E-state index in [0.717, 1.165) is 5.52 Å². The number of carbonyl (C=O) groups excluding carboxylic acids is 3. The van der Waals surface area contributed by atoms with Crippen molar-refractivity contribution in [1.29, 1.82) is 0 Å². The van der Waals surface area contributed by atoms with Crippen LogP contribution in [0.15, 0.2) is 54.6 Å². The molecule has 0 fully saturated rings. The molecule has 3 aromatic rings. The summed E-state index contributed by atoms with van der Waals surface area (Å²) in [6.07, 6.45) is -1.00. The van der Waals surface area contributed by atoms with Crippen molar-refractivity contribution in [3.05, 3.63) is 60.3 Å². The third-order valence-electron chi connectivity index (χ3n) is 4.02. The highest BCUT2D eigenvalue weighted by Crippen LogP contribution is 2.14. The van der Waals surface area contributed by atoms with Crippen molar-refractivity contribution in [3.8, 4) is 0 Å². The number of para-hydroxylation sites is 2. The number of nitrogens with one attached hydrogen (secondary N) is 3. The summed E-state index contributed by atoms with van der Waals surface area (Å²) in [6.45, 7) is 1.57. The Morgan fingerprint density at radius 3 is 2.57 bits per heavy atom. The molecule has 0 aliphatic heterocycles. The van der Waals surface area contributed by atoms with Crippen LogP contribution < -0.4 is 10.6 Å². The molecule has 0 aliphatic carbocycles. The van der Waals surface area contributed by atoms with Gasteiger partial charge in [-0.2, -0.15) is 5.10 Å². The van der Waals surface area contributed by atoms with Crippen LogP contribution in [-0.4, -0.2) is 40.6 Å². The zero-order chi connectivity index (χ0) is 19.9. The van der Waals surface area contributed by atoms with E-state index in [-0.39, 0.29) is 24.6 Å². The van der Waals surface area contributed by atoms with Gasteiger partial charge in [0.25, 0.3) is 11.8 Å². The molecule has 0 bridgehead atoms. The SMILES string of the molecule is CC(OC(=O)CCNC(=O)c1n[nH]c2ccccc12)C(=O)Nc1ccccc1. The van der Waals surface area contributed by atoms with Crippen molar-refractivity contribution < 1.29 is 19.1 Å². The Labute approximate surface area is 161 Å². The third-order valence-corrected chi connectivity index (χ3v) is 4.02. The fourth-order valence-electron chi connectivity index (χ4n) is 2.57.